The van der Waals surface area contributed by atoms with Gasteiger partial charge in [0, 0.05) is 12.3 Å². The Bertz CT molecular complexity index is 985. The molecule has 3 heterocycles. The second kappa shape index (κ2) is 7.05. The lowest BCUT2D eigenvalue weighted by molar-refractivity contribution is -0.466. The predicted molar refractivity (Wildman–Crippen MR) is 107 cm³/mol. The molecule has 2 aliphatic carbocycles. The number of aliphatic hydroxyl groups is 3. The van der Waals surface area contributed by atoms with Crippen LogP contribution in [-0.2, 0) is 28.5 Å². The monoisotopic (exact) mass is 462 g/mol. The average molecular weight is 462 g/mol. The first-order chi connectivity index (χ1) is 15.8. The Labute approximate surface area is 189 Å². The maximum atomic E-state index is 12.7. The molecule has 1 aromatic rings. The highest BCUT2D eigenvalue weighted by Crippen LogP contribution is 2.75. The second-order valence-electron chi connectivity index (χ2n) is 9.70. The number of fused-ring (bicyclic) bond motifs is 1. The molecule has 6 rings (SSSR count). The quantitative estimate of drug-likeness (QED) is 0.503. The fourth-order valence-electron chi connectivity index (χ4n) is 6.60. The summed E-state index contributed by atoms with van der Waals surface area (Å²) in [5, 5.41) is 30.4. The number of carbonyl (C=O) groups excluding carboxylic acids is 2. The molecule has 0 radical (unpaired) electrons. The molecule has 33 heavy (non-hydrogen) atoms. The first-order valence-electron chi connectivity index (χ1n) is 11.2. The number of carbonyl (C=O) groups is 2. The van der Waals surface area contributed by atoms with Gasteiger partial charge in [-0.3, -0.25) is 4.79 Å². The molecule has 10 nitrogen and oxygen atoms in total. The summed E-state index contributed by atoms with van der Waals surface area (Å²) < 4.78 is 30.3. The Hall–Kier alpha value is -1.92. The number of benzene rings is 1. The fraction of sp³-hybridized carbons (Fsp3) is 0.652. The Morgan fingerprint density at radius 2 is 1.91 bits per heavy atom. The third kappa shape index (κ3) is 2.57. The van der Waals surface area contributed by atoms with E-state index < -0.39 is 72.1 Å². The fourth-order valence-corrected chi connectivity index (χ4v) is 6.60. The summed E-state index contributed by atoms with van der Waals surface area (Å²) in [6.07, 6.45) is -6.14. The number of aliphatic hydroxyl groups excluding tert-OH is 3. The molecule has 0 amide bonds. The van der Waals surface area contributed by atoms with Crippen molar-refractivity contribution in [1.29, 1.82) is 0 Å². The highest BCUT2D eigenvalue weighted by atomic mass is 16.8. The van der Waals surface area contributed by atoms with Gasteiger partial charge >= 0.3 is 5.97 Å². The first kappa shape index (κ1) is 21.6. The Morgan fingerprint density at radius 3 is 2.64 bits per heavy atom. The predicted octanol–water partition coefficient (Wildman–Crippen LogP) is -0.469. The number of ketones is 1. The van der Waals surface area contributed by atoms with Crippen LogP contribution in [0.15, 0.2) is 30.3 Å². The minimum atomic E-state index is -1.37. The van der Waals surface area contributed by atoms with Crippen LogP contribution in [0.4, 0.5) is 0 Å². The molecular weight excluding hydrogens is 436 g/mol. The molecule has 10 atom stereocenters. The smallest absolute Gasteiger partial charge is 0.338 e. The van der Waals surface area contributed by atoms with E-state index in [1.165, 1.54) is 0 Å². The zero-order valence-corrected chi connectivity index (χ0v) is 18.0. The van der Waals surface area contributed by atoms with Crippen LogP contribution < -0.4 is 0 Å². The van der Waals surface area contributed by atoms with Gasteiger partial charge in [0.25, 0.3) is 0 Å². The minimum Gasteiger partial charge on any atom is -0.461 e. The first-order valence-corrected chi connectivity index (χ1v) is 11.2. The molecule has 2 saturated carbocycles. The third-order valence-electron chi connectivity index (χ3n) is 8.27. The van der Waals surface area contributed by atoms with Crippen molar-refractivity contribution < 1.29 is 48.6 Å². The van der Waals surface area contributed by atoms with E-state index in [0.717, 1.165) is 0 Å². The van der Waals surface area contributed by atoms with Crippen LogP contribution >= 0.6 is 0 Å². The Balaban J connectivity index is 1.33. The summed E-state index contributed by atoms with van der Waals surface area (Å²) in [7, 11) is 0. The van der Waals surface area contributed by atoms with Crippen molar-refractivity contribution in [2.45, 2.75) is 68.0 Å². The Morgan fingerprint density at radius 1 is 1.15 bits per heavy atom. The molecule has 5 unspecified atom stereocenters. The topological polar surface area (TPSA) is 141 Å². The van der Waals surface area contributed by atoms with Crippen LogP contribution in [0.2, 0.25) is 0 Å². The van der Waals surface area contributed by atoms with Gasteiger partial charge in [0.1, 0.15) is 42.4 Å². The molecule has 10 heteroatoms. The number of ether oxygens (including phenoxy) is 5. The van der Waals surface area contributed by atoms with E-state index in [4.69, 9.17) is 23.7 Å². The van der Waals surface area contributed by atoms with Gasteiger partial charge in [-0.1, -0.05) is 18.2 Å². The molecule has 1 aromatic carbocycles. The van der Waals surface area contributed by atoms with Crippen molar-refractivity contribution in [3.05, 3.63) is 35.9 Å². The van der Waals surface area contributed by atoms with Gasteiger partial charge in [0.2, 0.25) is 0 Å². The van der Waals surface area contributed by atoms with Crippen molar-refractivity contribution in [2.75, 3.05) is 13.2 Å². The van der Waals surface area contributed by atoms with Crippen molar-refractivity contribution in [3.8, 4) is 0 Å². The van der Waals surface area contributed by atoms with Gasteiger partial charge in [0.15, 0.2) is 12.1 Å². The zero-order chi connectivity index (χ0) is 23.2. The third-order valence-corrected chi connectivity index (χ3v) is 8.27. The summed E-state index contributed by atoms with van der Waals surface area (Å²) in [5.74, 6) is -2.29. The standard InChI is InChI=1S/C23H26O10/c1-21-23(33-20-18(32-21)17(27)16(26)14(9-24)30-20)8-12-13(25)7-15(31-21)22(12,23)10-29-19(28)11-5-3-2-4-6-11/h2-6,12,14-18,20,24,26-27H,7-10H2,1H3/t12?,14?,15-,16-,17+,18-,20?,21-,22?,23?/m1/s1. The van der Waals surface area contributed by atoms with Gasteiger partial charge in [-0.15, -0.1) is 0 Å². The number of hydrogen-bond donors (Lipinski definition) is 3. The van der Waals surface area contributed by atoms with E-state index in [1.54, 1.807) is 37.3 Å². The normalized spacial score (nSPS) is 49.6. The maximum absolute atomic E-state index is 12.7. The lowest BCUT2D eigenvalue weighted by Crippen LogP contribution is -2.79. The van der Waals surface area contributed by atoms with Crippen LogP contribution in [0.25, 0.3) is 0 Å². The maximum Gasteiger partial charge on any atom is 0.338 e. The molecule has 3 aliphatic heterocycles. The summed E-state index contributed by atoms with van der Waals surface area (Å²) in [6.45, 7) is 1.06. The summed E-state index contributed by atoms with van der Waals surface area (Å²) in [5.41, 5.74) is -1.74. The van der Waals surface area contributed by atoms with Crippen LogP contribution in [0.1, 0.15) is 30.1 Å². The number of rotatable bonds is 4. The van der Waals surface area contributed by atoms with E-state index in [0.29, 0.717) is 5.56 Å². The van der Waals surface area contributed by atoms with Crippen molar-refractivity contribution in [1.82, 2.24) is 0 Å². The lowest BCUT2D eigenvalue weighted by atomic mass is 9.49. The van der Waals surface area contributed by atoms with E-state index in [2.05, 4.69) is 0 Å². The molecule has 0 aromatic heterocycles. The number of Topliss-reactive ketones (excluding diaryl/α,β-unsaturated/α-hetero) is 1. The van der Waals surface area contributed by atoms with Gasteiger partial charge in [-0.05, 0) is 25.5 Å². The minimum absolute atomic E-state index is 0.0161. The van der Waals surface area contributed by atoms with Crippen molar-refractivity contribution in [3.63, 3.8) is 0 Å². The highest BCUT2D eigenvalue weighted by molar-refractivity contribution is 5.90. The molecule has 3 N–H and O–H groups in total. The molecule has 5 fully saturated rings. The Kier molecular flexibility index (Phi) is 4.61. The molecular formula is C23H26O10. The average Bonchev–Trinajstić information content (AvgIpc) is 3.09. The zero-order valence-electron chi connectivity index (χ0n) is 18.0. The van der Waals surface area contributed by atoms with Crippen LogP contribution in [0.5, 0.6) is 0 Å². The van der Waals surface area contributed by atoms with E-state index >= 15 is 0 Å². The van der Waals surface area contributed by atoms with E-state index in [9.17, 15) is 24.9 Å². The van der Waals surface area contributed by atoms with Gasteiger partial charge < -0.3 is 39.0 Å². The van der Waals surface area contributed by atoms with Crippen molar-refractivity contribution in [2.24, 2.45) is 11.3 Å². The van der Waals surface area contributed by atoms with E-state index in [1.807, 2.05) is 0 Å². The molecule has 1 spiro atoms. The largest absolute Gasteiger partial charge is 0.461 e. The van der Waals surface area contributed by atoms with Crippen molar-refractivity contribution >= 4 is 11.8 Å². The van der Waals surface area contributed by atoms with Crippen LogP contribution in [0.3, 0.4) is 0 Å². The number of esters is 1. The van der Waals surface area contributed by atoms with Gasteiger partial charge in [-0.2, -0.15) is 0 Å². The molecule has 178 valence electrons. The summed E-state index contributed by atoms with van der Waals surface area (Å²) in [4.78, 5) is 25.4. The van der Waals surface area contributed by atoms with E-state index in [-0.39, 0.29) is 25.2 Å². The highest BCUT2D eigenvalue weighted by Gasteiger charge is 2.89. The van der Waals surface area contributed by atoms with Gasteiger partial charge in [-0.25, -0.2) is 4.79 Å². The van der Waals surface area contributed by atoms with Gasteiger partial charge in [0.05, 0.1) is 23.7 Å². The lowest BCUT2D eigenvalue weighted by Gasteiger charge is -2.65. The second-order valence-corrected chi connectivity index (χ2v) is 9.70. The molecule has 0 bridgehead atoms. The summed E-state index contributed by atoms with van der Waals surface area (Å²) in [6, 6.07) is 8.56. The number of hydrogen-bond acceptors (Lipinski definition) is 10. The van der Waals surface area contributed by atoms with Crippen LogP contribution in [0, 0.1) is 11.3 Å². The SMILES string of the molecule is C[C@@]12O[C@H]3C(OC(CO)[C@@H](O)[C@@H]3O)OC13CC1C(=O)C[C@@H](O2)C13COC(=O)c1ccccc1. The summed E-state index contributed by atoms with van der Waals surface area (Å²) >= 11 is 0. The van der Waals surface area contributed by atoms with Crippen LogP contribution in [-0.4, -0.2) is 88.5 Å². The molecule has 3 saturated heterocycles. The molecule has 5 aliphatic rings.